The van der Waals surface area contributed by atoms with Crippen LogP contribution in [-0.2, 0) is 9.53 Å². The van der Waals surface area contributed by atoms with Crippen LogP contribution in [0, 0.1) is 5.92 Å². The SMILES string of the molecule is COC(=O)CCCN[C@@H](C)C1CCCCC1. The number of ether oxygens (including phenoxy) is 1. The van der Waals surface area contributed by atoms with Crippen molar-refractivity contribution in [3.05, 3.63) is 0 Å². The fourth-order valence-corrected chi connectivity index (χ4v) is 2.47. The summed E-state index contributed by atoms with van der Waals surface area (Å²) in [4.78, 5) is 10.9. The highest BCUT2D eigenvalue weighted by atomic mass is 16.5. The van der Waals surface area contributed by atoms with Gasteiger partial charge >= 0.3 is 5.97 Å². The normalized spacial score (nSPS) is 19.4. The van der Waals surface area contributed by atoms with E-state index in [4.69, 9.17) is 0 Å². The minimum absolute atomic E-state index is 0.105. The predicted octanol–water partition coefficient (Wildman–Crippen LogP) is 2.50. The highest BCUT2D eigenvalue weighted by molar-refractivity contribution is 5.69. The lowest BCUT2D eigenvalue weighted by molar-refractivity contribution is -0.140. The lowest BCUT2D eigenvalue weighted by Gasteiger charge is -2.28. The van der Waals surface area contributed by atoms with Crippen molar-refractivity contribution in [2.75, 3.05) is 13.7 Å². The number of esters is 1. The van der Waals surface area contributed by atoms with Gasteiger partial charge in [0.05, 0.1) is 7.11 Å². The summed E-state index contributed by atoms with van der Waals surface area (Å²) in [6, 6.07) is 0.595. The van der Waals surface area contributed by atoms with Gasteiger partial charge < -0.3 is 10.1 Å². The van der Waals surface area contributed by atoms with Crippen LogP contribution in [0.5, 0.6) is 0 Å². The zero-order valence-corrected chi connectivity index (χ0v) is 10.6. The molecule has 1 saturated carbocycles. The van der Waals surface area contributed by atoms with Crippen LogP contribution in [-0.4, -0.2) is 25.7 Å². The molecule has 94 valence electrons. The summed E-state index contributed by atoms with van der Waals surface area (Å²) in [7, 11) is 1.44. The third kappa shape index (κ3) is 4.97. The van der Waals surface area contributed by atoms with Crippen LogP contribution in [0.15, 0.2) is 0 Å². The van der Waals surface area contributed by atoms with Gasteiger partial charge in [-0.05, 0) is 38.6 Å². The summed E-state index contributed by atoms with van der Waals surface area (Å²) in [6.07, 6.45) is 8.32. The topological polar surface area (TPSA) is 38.3 Å². The Balaban J connectivity index is 2.05. The minimum atomic E-state index is -0.105. The second-order valence-corrected chi connectivity index (χ2v) is 4.82. The molecule has 3 heteroatoms. The zero-order valence-electron chi connectivity index (χ0n) is 10.6. The van der Waals surface area contributed by atoms with Crippen molar-refractivity contribution < 1.29 is 9.53 Å². The standard InChI is InChI=1S/C13H25NO2/c1-11(12-7-4-3-5-8-12)14-10-6-9-13(15)16-2/h11-12,14H,3-10H2,1-2H3/t11-/m0/s1. The Morgan fingerprint density at radius 1 is 1.38 bits per heavy atom. The number of rotatable bonds is 6. The molecule has 1 N–H and O–H groups in total. The Morgan fingerprint density at radius 3 is 2.69 bits per heavy atom. The highest BCUT2D eigenvalue weighted by Crippen LogP contribution is 2.26. The first-order chi connectivity index (χ1) is 7.74. The fraction of sp³-hybridized carbons (Fsp3) is 0.923. The number of carbonyl (C=O) groups excluding carboxylic acids is 1. The molecule has 1 aliphatic carbocycles. The van der Waals surface area contributed by atoms with Gasteiger partial charge in [-0.25, -0.2) is 0 Å². The van der Waals surface area contributed by atoms with Gasteiger partial charge in [0.2, 0.25) is 0 Å². The fourth-order valence-electron chi connectivity index (χ4n) is 2.47. The first-order valence-electron chi connectivity index (χ1n) is 6.54. The van der Waals surface area contributed by atoms with E-state index in [1.807, 2.05) is 0 Å². The molecular formula is C13H25NO2. The van der Waals surface area contributed by atoms with Crippen molar-refractivity contribution in [1.29, 1.82) is 0 Å². The third-order valence-electron chi connectivity index (χ3n) is 3.61. The number of hydrogen-bond acceptors (Lipinski definition) is 3. The Kier molecular flexibility index (Phi) is 6.46. The maximum atomic E-state index is 10.9. The van der Waals surface area contributed by atoms with E-state index in [-0.39, 0.29) is 5.97 Å². The lowest BCUT2D eigenvalue weighted by Crippen LogP contribution is -2.35. The Morgan fingerprint density at radius 2 is 2.06 bits per heavy atom. The Bertz CT molecular complexity index is 200. The highest BCUT2D eigenvalue weighted by Gasteiger charge is 2.19. The molecule has 0 heterocycles. The Labute approximate surface area is 98.9 Å². The van der Waals surface area contributed by atoms with Crippen LogP contribution in [0.25, 0.3) is 0 Å². The molecule has 3 nitrogen and oxygen atoms in total. The van der Waals surface area contributed by atoms with E-state index in [9.17, 15) is 4.79 Å². The largest absolute Gasteiger partial charge is 0.469 e. The molecule has 0 aromatic heterocycles. The van der Waals surface area contributed by atoms with Crippen molar-refractivity contribution in [1.82, 2.24) is 5.32 Å². The predicted molar refractivity (Wildman–Crippen MR) is 65.3 cm³/mol. The van der Waals surface area contributed by atoms with Crippen LogP contribution < -0.4 is 5.32 Å². The van der Waals surface area contributed by atoms with Crippen molar-refractivity contribution in [2.45, 2.75) is 57.9 Å². The second kappa shape index (κ2) is 7.66. The molecule has 16 heavy (non-hydrogen) atoms. The maximum Gasteiger partial charge on any atom is 0.305 e. The average molecular weight is 227 g/mol. The van der Waals surface area contributed by atoms with Crippen molar-refractivity contribution in [3.8, 4) is 0 Å². The summed E-state index contributed by atoms with van der Waals surface area (Å²) in [5.74, 6) is 0.735. The van der Waals surface area contributed by atoms with E-state index in [1.54, 1.807) is 0 Å². The van der Waals surface area contributed by atoms with Crippen LogP contribution in [0.3, 0.4) is 0 Å². The van der Waals surface area contributed by atoms with Gasteiger partial charge in [0.1, 0.15) is 0 Å². The van der Waals surface area contributed by atoms with Gasteiger partial charge in [-0.15, -0.1) is 0 Å². The van der Waals surface area contributed by atoms with Crippen molar-refractivity contribution >= 4 is 5.97 Å². The number of nitrogens with one attached hydrogen (secondary N) is 1. The first-order valence-corrected chi connectivity index (χ1v) is 6.54. The van der Waals surface area contributed by atoms with E-state index in [1.165, 1.54) is 39.2 Å². The molecule has 1 rings (SSSR count). The molecule has 0 bridgehead atoms. The third-order valence-corrected chi connectivity index (χ3v) is 3.61. The molecule has 0 spiro atoms. The number of carbonyl (C=O) groups is 1. The van der Waals surface area contributed by atoms with E-state index >= 15 is 0 Å². The summed E-state index contributed by atoms with van der Waals surface area (Å²) in [5.41, 5.74) is 0. The molecule has 0 radical (unpaired) electrons. The molecular weight excluding hydrogens is 202 g/mol. The quantitative estimate of drug-likeness (QED) is 0.559. The van der Waals surface area contributed by atoms with E-state index in [0.717, 1.165) is 18.9 Å². The smallest absolute Gasteiger partial charge is 0.305 e. The molecule has 1 fully saturated rings. The van der Waals surface area contributed by atoms with Gasteiger partial charge in [0, 0.05) is 12.5 Å². The molecule has 1 atom stereocenters. The van der Waals surface area contributed by atoms with Gasteiger partial charge in [-0.1, -0.05) is 19.3 Å². The first kappa shape index (κ1) is 13.5. The zero-order chi connectivity index (χ0) is 11.8. The van der Waals surface area contributed by atoms with Crippen molar-refractivity contribution in [3.63, 3.8) is 0 Å². The molecule has 0 saturated heterocycles. The van der Waals surface area contributed by atoms with Gasteiger partial charge in [0.25, 0.3) is 0 Å². The maximum absolute atomic E-state index is 10.9. The second-order valence-electron chi connectivity index (χ2n) is 4.82. The summed E-state index contributed by atoms with van der Waals surface area (Å²) < 4.78 is 4.61. The molecule has 0 aromatic rings. The summed E-state index contributed by atoms with van der Waals surface area (Å²) in [6.45, 7) is 3.20. The van der Waals surface area contributed by atoms with Crippen LogP contribution in [0.4, 0.5) is 0 Å². The van der Waals surface area contributed by atoms with Gasteiger partial charge in [0.15, 0.2) is 0 Å². The molecule has 0 aromatic carbocycles. The lowest BCUT2D eigenvalue weighted by atomic mass is 9.84. The average Bonchev–Trinajstić information content (AvgIpc) is 2.35. The number of hydrogen-bond donors (Lipinski definition) is 1. The summed E-state index contributed by atoms with van der Waals surface area (Å²) >= 11 is 0. The van der Waals surface area contributed by atoms with Crippen LogP contribution in [0.1, 0.15) is 51.9 Å². The van der Waals surface area contributed by atoms with Gasteiger partial charge in [-0.2, -0.15) is 0 Å². The minimum Gasteiger partial charge on any atom is -0.469 e. The molecule has 0 unspecified atom stereocenters. The molecule has 1 aliphatic rings. The van der Waals surface area contributed by atoms with Crippen LogP contribution in [0.2, 0.25) is 0 Å². The number of methoxy groups -OCH3 is 1. The van der Waals surface area contributed by atoms with Crippen molar-refractivity contribution in [2.24, 2.45) is 5.92 Å². The monoisotopic (exact) mass is 227 g/mol. The van der Waals surface area contributed by atoms with Crippen LogP contribution >= 0.6 is 0 Å². The van der Waals surface area contributed by atoms with E-state index in [2.05, 4.69) is 17.0 Å². The van der Waals surface area contributed by atoms with Gasteiger partial charge in [-0.3, -0.25) is 4.79 Å². The Hall–Kier alpha value is -0.570. The summed E-state index contributed by atoms with van der Waals surface area (Å²) in [5, 5.41) is 3.52. The molecule has 0 amide bonds. The van der Waals surface area contributed by atoms with E-state index in [0.29, 0.717) is 12.5 Å². The van der Waals surface area contributed by atoms with E-state index < -0.39 is 0 Å². The molecule has 0 aliphatic heterocycles.